The van der Waals surface area contributed by atoms with Crippen LogP contribution in [0, 0.1) is 0 Å². The molecule has 2 aliphatic heterocycles. The van der Waals surface area contributed by atoms with Gasteiger partial charge in [-0.25, -0.2) is 0 Å². The van der Waals surface area contributed by atoms with Gasteiger partial charge in [0.05, 0.1) is 5.41 Å². The van der Waals surface area contributed by atoms with Gasteiger partial charge in [-0.2, -0.15) is 0 Å². The van der Waals surface area contributed by atoms with E-state index in [9.17, 15) is 0 Å². The van der Waals surface area contributed by atoms with E-state index in [0.717, 1.165) is 17.1 Å². The number of nitrogens with zero attached hydrogens (tertiary/aromatic N) is 1. The van der Waals surface area contributed by atoms with Crippen molar-refractivity contribution in [2.45, 2.75) is 5.41 Å². The molecule has 2 heteroatoms. The summed E-state index contributed by atoms with van der Waals surface area (Å²) in [6, 6.07) is 89.6. The lowest BCUT2D eigenvalue weighted by Crippen LogP contribution is -2.70. The SMILES string of the molecule is c1ccc(-c2cccc(N(c3ccc4c(c3)C3(c5ccccc5-c5ccccc53)c3ccccc3-4)c3ccc4c(c3)[Si]3(c5ccccc5-c5ccccc53)c3ccccc3-4)c2)cc1. The first kappa shape index (κ1) is 34.9. The molecule has 0 saturated heterocycles. The molecule has 0 fully saturated rings. The van der Waals surface area contributed by atoms with E-state index in [1.54, 1.807) is 0 Å². The highest BCUT2D eigenvalue weighted by Gasteiger charge is 2.54. The second-order valence-corrected chi connectivity index (χ2v) is 21.1. The smallest absolute Gasteiger partial charge is 0.182 e. The summed E-state index contributed by atoms with van der Waals surface area (Å²) in [5, 5.41) is 5.93. The Balaban J connectivity index is 1.05. The fourth-order valence-electron chi connectivity index (χ4n) is 12.3. The molecule has 10 aromatic rings. The van der Waals surface area contributed by atoms with Gasteiger partial charge in [-0.3, -0.25) is 0 Å². The van der Waals surface area contributed by atoms with E-state index in [2.05, 4.69) is 241 Å². The fraction of sp³-hybridized carbons (Fsp3) is 0.0164. The normalized spacial score (nSPS) is 14.3. The average Bonchev–Trinajstić information content (AvgIpc) is 4.03. The van der Waals surface area contributed by atoms with Crippen molar-refractivity contribution in [2.24, 2.45) is 0 Å². The lowest BCUT2D eigenvalue weighted by molar-refractivity contribution is 0.793. The number of hydrogen-bond donors (Lipinski definition) is 0. The average molecular weight is 814 g/mol. The maximum atomic E-state index is 2.58. The van der Waals surface area contributed by atoms with Crippen LogP contribution in [0.5, 0.6) is 0 Å². The van der Waals surface area contributed by atoms with Gasteiger partial charge in [0.15, 0.2) is 8.07 Å². The standard InChI is InChI=1S/C61H39NSi/c1-2-17-40(18-3-1)41-19-16-20-42(37-41)62(43-33-35-48-47-23-6-12-29-55(47)61(56(48)38-43)53-27-10-4-21-45(53)46-22-5-11-28-54(46)61)44-34-36-52-51-26-9-15-32-59(51)63(60(52)39-44)57-30-13-7-24-49(57)50-25-8-14-31-58(50)63/h1-39H. The van der Waals surface area contributed by atoms with Gasteiger partial charge in [-0.1, -0.05) is 200 Å². The van der Waals surface area contributed by atoms with Gasteiger partial charge in [-0.05, 0) is 135 Å². The Bertz CT molecular complexity index is 3220. The number of hydrogen-bond acceptors (Lipinski definition) is 1. The van der Waals surface area contributed by atoms with Gasteiger partial charge in [0.25, 0.3) is 0 Å². The van der Waals surface area contributed by atoms with Gasteiger partial charge in [0.1, 0.15) is 0 Å². The predicted molar refractivity (Wildman–Crippen MR) is 264 cm³/mol. The van der Waals surface area contributed by atoms with Crippen molar-refractivity contribution in [1.82, 2.24) is 0 Å². The molecule has 14 rings (SSSR count). The van der Waals surface area contributed by atoms with Crippen molar-refractivity contribution in [3.8, 4) is 55.6 Å². The Morgan fingerprint density at radius 3 is 1.21 bits per heavy atom. The molecule has 0 atom stereocenters. The molecule has 1 nitrogen and oxygen atoms in total. The minimum atomic E-state index is -2.69. The molecule has 0 amide bonds. The van der Waals surface area contributed by atoms with E-state index in [0.29, 0.717) is 0 Å². The molecular formula is C61H39NSi. The lowest BCUT2D eigenvalue weighted by atomic mass is 9.70. The maximum absolute atomic E-state index is 2.69. The molecule has 0 radical (unpaired) electrons. The number of rotatable bonds is 4. The van der Waals surface area contributed by atoms with E-state index >= 15 is 0 Å². The van der Waals surface area contributed by atoms with Crippen LogP contribution < -0.4 is 25.6 Å². The largest absolute Gasteiger partial charge is 0.310 e. The topological polar surface area (TPSA) is 3.24 Å². The van der Waals surface area contributed by atoms with Gasteiger partial charge >= 0.3 is 0 Å². The summed E-state index contributed by atoms with van der Waals surface area (Å²) in [5.74, 6) is 0. The summed E-state index contributed by atoms with van der Waals surface area (Å²) in [6.07, 6.45) is 0. The quantitative estimate of drug-likeness (QED) is 0.160. The Morgan fingerprint density at radius 2 is 0.651 bits per heavy atom. The zero-order valence-electron chi connectivity index (χ0n) is 34.5. The Hall–Kier alpha value is -7.78. The molecule has 10 aromatic carbocycles. The van der Waals surface area contributed by atoms with E-state index in [4.69, 9.17) is 0 Å². The van der Waals surface area contributed by atoms with Crippen LogP contribution in [0.2, 0.25) is 0 Å². The molecular weight excluding hydrogens is 775 g/mol. The van der Waals surface area contributed by atoms with Gasteiger partial charge in [-0.15, -0.1) is 0 Å². The Labute approximate surface area is 368 Å². The van der Waals surface area contributed by atoms with E-state index in [1.807, 2.05) is 0 Å². The second-order valence-electron chi connectivity index (χ2n) is 17.5. The molecule has 292 valence electrons. The van der Waals surface area contributed by atoms with Crippen molar-refractivity contribution in [3.05, 3.63) is 259 Å². The van der Waals surface area contributed by atoms with Crippen LogP contribution in [0.25, 0.3) is 55.6 Å². The minimum absolute atomic E-state index is 0.444. The van der Waals surface area contributed by atoms with Crippen LogP contribution >= 0.6 is 0 Å². The third kappa shape index (κ3) is 4.45. The summed E-state index contributed by atoms with van der Waals surface area (Å²) in [5.41, 5.74) is 21.5. The predicted octanol–water partition coefficient (Wildman–Crippen LogP) is 12.5. The second kappa shape index (κ2) is 12.9. The molecule has 2 heterocycles. The summed E-state index contributed by atoms with van der Waals surface area (Å²) < 4.78 is 0. The van der Waals surface area contributed by atoms with Crippen LogP contribution in [0.4, 0.5) is 17.1 Å². The summed E-state index contributed by atoms with van der Waals surface area (Å²) in [6.45, 7) is 0. The first-order valence-corrected chi connectivity index (χ1v) is 24.1. The van der Waals surface area contributed by atoms with Crippen molar-refractivity contribution in [2.75, 3.05) is 4.90 Å². The van der Waals surface area contributed by atoms with Crippen molar-refractivity contribution in [3.63, 3.8) is 0 Å². The molecule has 0 aromatic heterocycles. The molecule has 4 aliphatic rings. The molecule has 0 unspecified atom stereocenters. The van der Waals surface area contributed by atoms with E-state index in [-0.39, 0.29) is 0 Å². The molecule has 0 saturated carbocycles. The highest BCUT2D eigenvalue weighted by molar-refractivity contribution is 7.24. The van der Waals surface area contributed by atoms with E-state index < -0.39 is 13.5 Å². The van der Waals surface area contributed by atoms with Gasteiger partial charge in [0, 0.05) is 17.1 Å². The highest BCUT2D eigenvalue weighted by Crippen LogP contribution is 2.63. The molecule has 0 bridgehead atoms. The van der Waals surface area contributed by atoms with Crippen molar-refractivity contribution in [1.29, 1.82) is 0 Å². The Kier molecular flexibility index (Phi) is 7.13. The highest BCUT2D eigenvalue weighted by atomic mass is 28.3. The number of benzene rings is 10. The van der Waals surface area contributed by atoms with Crippen LogP contribution in [-0.2, 0) is 5.41 Å². The number of anilines is 3. The first-order valence-electron chi connectivity index (χ1n) is 22.1. The monoisotopic (exact) mass is 813 g/mol. The maximum Gasteiger partial charge on any atom is 0.182 e. The zero-order chi connectivity index (χ0) is 41.3. The first-order chi connectivity index (χ1) is 31.3. The van der Waals surface area contributed by atoms with Crippen molar-refractivity contribution < 1.29 is 0 Å². The van der Waals surface area contributed by atoms with Crippen molar-refractivity contribution >= 4 is 45.9 Å². The number of fused-ring (bicyclic) bond motifs is 20. The van der Waals surface area contributed by atoms with Crippen LogP contribution in [0.1, 0.15) is 22.3 Å². The summed E-state index contributed by atoms with van der Waals surface area (Å²) in [7, 11) is -2.69. The molecule has 2 aliphatic carbocycles. The summed E-state index contributed by atoms with van der Waals surface area (Å²) in [4.78, 5) is 2.54. The molecule has 63 heavy (non-hydrogen) atoms. The van der Waals surface area contributed by atoms with Crippen LogP contribution in [-0.4, -0.2) is 8.07 Å². The van der Waals surface area contributed by atoms with Gasteiger partial charge in [0.2, 0.25) is 0 Å². The zero-order valence-corrected chi connectivity index (χ0v) is 35.5. The molecule has 2 spiro atoms. The lowest BCUT2D eigenvalue weighted by Gasteiger charge is -2.33. The fourth-order valence-corrected chi connectivity index (χ4v) is 18.0. The minimum Gasteiger partial charge on any atom is -0.310 e. The van der Waals surface area contributed by atoms with E-state index in [1.165, 1.54) is 98.6 Å². The Morgan fingerprint density at radius 1 is 0.254 bits per heavy atom. The molecule has 0 N–H and O–H groups in total. The third-order valence-electron chi connectivity index (χ3n) is 14.7. The van der Waals surface area contributed by atoms with Crippen LogP contribution in [0.3, 0.4) is 0 Å². The van der Waals surface area contributed by atoms with Gasteiger partial charge < -0.3 is 4.90 Å². The van der Waals surface area contributed by atoms with Crippen LogP contribution in [0.15, 0.2) is 237 Å². The third-order valence-corrected chi connectivity index (χ3v) is 19.6. The summed E-state index contributed by atoms with van der Waals surface area (Å²) >= 11 is 0.